The van der Waals surface area contributed by atoms with E-state index in [1.165, 1.54) is 17.7 Å². The highest BCUT2D eigenvalue weighted by atomic mass is 19.1. The molecule has 10 heteroatoms. The van der Waals surface area contributed by atoms with Crippen molar-refractivity contribution in [2.45, 2.75) is 79.2 Å². The second-order valence-corrected chi connectivity index (χ2v) is 12.7. The number of rotatable bonds is 19. The van der Waals surface area contributed by atoms with E-state index < -0.39 is 5.82 Å². The number of halogens is 1. The van der Waals surface area contributed by atoms with Crippen LogP contribution < -0.4 is 14.4 Å². The third kappa shape index (κ3) is 17.9. The van der Waals surface area contributed by atoms with Crippen LogP contribution in [0.25, 0.3) is 0 Å². The molecule has 0 heterocycles. The average molecular weight is 758 g/mol. The van der Waals surface area contributed by atoms with Crippen molar-refractivity contribution >= 4 is 30.2 Å². The molecule has 9 nitrogen and oxygen atoms in total. The van der Waals surface area contributed by atoms with Crippen LogP contribution in [0.4, 0.5) is 10.1 Å². The molecule has 0 aromatic heterocycles. The van der Waals surface area contributed by atoms with E-state index in [2.05, 4.69) is 17.0 Å². The zero-order chi connectivity index (χ0) is 40.4. The number of carbonyl (C=O) groups excluding carboxylic acids is 4. The van der Waals surface area contributed by atoms with E-state index in [1.807, 2.05) is 68.4 Å². The third-order valence-corrected chi connectivity index (χ3v) is 8.39. The summed E-state index contributed by atoms with van der Waals surface area (Å²) < 4.78 is 32.8. The zero-order valence-electron chi connectivity index (χ0n) is 33.1. The van der Waals surface area contributed by atoms with E-state index in [-0.39, 0.29) is 17.5 Å². The summed E-state index contributed by atoms with van der Waals surface area (Å²) in [4.78, 5) is 46.5. The zero-order valence-corrected chi connectivity index (χ0v) is 33.1. The SMILES string of the molecule is CCOC(=O)CCCCCc1ccc(OC)cc1.CCOC(=O)CCCN(Cc1ccc(OC)cc1)c1cc(C)ccc1C=O.Cc1ccc(C=O)c(F)c1. The van der Waals surface area contributed by atoms with Crippen LogP contribution in [0.1, 0.15) is 95.3 Å². The molecule has 4 aromatic carbocycles. The minimum Gasteiger partial charge on any atom is -0.497 e. The number of hydrogen-bond acceptors (Lipinski definition) is 9. The number of hydrogen-bond donors (Lipinski definition) is 0. The van der Waals surface area contributed by atoms with Gasteiger partial charge in [-0.2, -0.15) is 0 Å². The molecule has 0 spiro atoms. The summed E-state index contributed by atoms with van der Waals surface area (Å²) in [7, 11) is 3.31. The molecule has 296 valence electrons. The first kappa shape index (κ1) is 45.6. The van der Waals surface area contributed by atoms with Gasteiger partial charge in [0.2, 0.25) is 0 Å². The highest BCUT2D eigenvalue weighted by molar-refractivity contribution is 5.85. The maximum atomic E-state index is 12.6. The number of ether oxygens (including phenoxy) is 4. The van der Waals surface area contributed by atoms with Gasteiger partial charge in [-0.1, -0.05) is 42.8 Å². The monoisotopic (exact) mass is 757 g/mol. The number of esters is 2. The molecule has 4 rings (SSSR count). The van der Waals surface area contributed by atoms with Gasteiger partial charge >= 0.3 is 11.9 Å². The molecule has 0 bridgehead atoms. The molecular weight excluding hydrogens is 701 g/mol. The van der Waals surface area contributed by atoms with Crippen LogP contribution in [0.2, 0.25) is 0 Å². The Hall–Kier alpha value is -5.51. The van der Waals surface area contributed by atoms with Crippen molar-refractivity contribution in [2.24, 2.45) is 0 Å². The lowest BCUT2D eigenvalue weighted by atomic mass is 10.1. The predicted molar refractivity (Wildman–Crippen MR) is 215 cm³/mol. The quantitative estimate of drug-likeness (QED) is 0.0525. The number of nitrogens with zero attached hydrogens (tertiary/aromatic N) is 1. The molecule has 55 heavy (non-hydrogen) atoms. The molecule has 0 amide bonds. The molecule has 0 aliphatic rings. The first-order valence-corrected chi connectivity index (χ1v) is 18.7. The van der Waals surface area contributed by atoms with Crippen molar-refractivity contribution in [3.63, 3.8) is 0 Å². The number of methoxy groups -OCH3 is 2. The third-order valence-electron chi connectivity index (χ3n) is 8.39. The van der Waals surface area contributed by atoms with Crippen LogP contribution in [0.15, 0.2) is 84.9 Å². The predicted octanol–water partition coefficient (Wildman–Crippen LogP) is 9.47. The molecule has 0 radical (unpaired) electrons. The van der Waals surface area contributed by atoms with E-state index in [9.17, 15) is 23.6 Å². The summed E-state index contributed by atoms with van der Waals surface area (Å²) >= 11 is 0. The van der Waals surface area contributed by atoms with Gasteiger partial charge in [-0.15, -0.1) is 0 Å². The number of aryl methyl sites for hydroxylation is 3. The van der Waals surface area contributed by atoms with Crippen LogP contribution >= 0.6 is 0 Å². The molecule has 0 aliphatic carbocycles. The first-order valence-electron chi connectivity index (χ1n) is 18.7. The standard InChI is InChI=1S/C22H27NO4.C15H22O3.C8H7FO/c1-4-27-22(25)6-5-13-23(15-18-8-11-20(26-3)12-9-18)21-14-17(2)7-10-19(21)16-24;1-3-18-15(16)8-6-4-5-7-13-9-11-14(17-2)12-10-13;1-6-2-3-7(5-10)8(9)4-6/h7-12,14,16H,4-6,13,15H2,1-3H3;9-12H,3-8H2,1-2H3;2-5H,1H3. The van der Waals surface area contributed by atoms with Gasteiger partial charge in [0.05, 0.1) is 33.0 Å². The summed E-state index contributed by atoms with van der Waals surface area (Å²) in [5.74, 6) is 0.969. The first-order chi connectivity index (χ1) is 26.6. The van der Waals surface area contributed by atoms with Crippen LogP contribution in [0.3, 0.4) is 0 Å². The second kappa shape index (κ2) is 26.3. The average Bonchev–Trinajstić information content (AvgIpc) is 3.18. The Morgan fingerprint density at radius 1 is 0.636 bits per heavy atom. The molecule has 0 fully saturated rings. The summed E-state index contributed by atoms with van der Waals surface area (Å²) in [6, 6.07) is 26.3. The van der Waals surface area contributed by atoms with Crippen molar-refractivity contribution in [1.82, 2.24) is 0 Å². The molecule has 0 unspecified atom stereocenters. The minimum absolute atomic E-state index is 0.0815. The molecular formula is C45H56FNO8. The topological polar surface area (TPSA) is 108 Å². The lowest BCUT2D eigenvalue weighted by Crippen LogP contribution is -2.26. The van der Waals surface area contributed by atoms with Gasteiger partial charge < -0.3 is 23.8 Å². The maximum absolute atomic E-state index is 12.6. The lowest BCUT2D eigenvalue weighted by molar-refractivity contribution is -0.144. The normalized spacial score (nSPS) is 10.1. The highest BCUT2D eigenvalue weighted by Gasteiger charge is 2.14. The second-order valence-electron chi connectivity index (χ2n) is 12.7. The van der Waals surface area contributed by atoms with Crippen LogP contribution in [0, 0.1) is 19.7 Å². The Morgan fingerprint density at radius 3 is 1.65 bits per heavy atom. The van der Waals surface area contributed by atoms with Gasteiger partial charge in [0, 0.05) is 37.2 Å². The highest BCUT2D eigenvalue weighted by Crippen LogP contribution is 2.25. The number of benzene rings is 4. The Kier molecular flexibility index (Phi) is 21.8. The molecule has 0 N–H and O–H groups in total. The van der Waals surface area contributed by atoms with Crippen LogP contribution in [0.5, 0.6) is 11.5 Å². The van der Waals surface area contributed by atoms with Gasteiger partial charge in [-0.3, -0.25) is 19.2 Å². The fourth-order valence-electron chi connectivity index (χ4n) is 5.44. The van der Waals surface area contributed by atoms with Crippen LogP contribution in [-0.2, 0) is 32.0 Å². The maximum Gasteiger partial charge on any atom is 0.305 e. The van der Waals surface area contributed by atoms with Gasteiger partial charge in [-0.25, -0.2) is 4.39 Å². The number of unbranched alkanes of at least 4 members (excludes halogenated alkanes) is 2. The smallest absolute Gasteiger partial charge is 0.305 e. The van der Waals surface area contributed by atoms with Crippen molar-refractivity contribution in [3.05, 3.63) is 124 Å². The van der Waals surface area contributed by atoms with Gasteiger partial charge in [0.15, 0.2) is 12.6 Å². The van der Waals surface area contributed by atoms with E-state index >= 15 is 0 Å². The lowest BCUT2D eigenvalue weighted by Gasteiger charge is -2.27. The van der Waals surface area contributed by atoms with Crippen molar-refractivity contribution < 1.29 is 42.5 Å². The fraction of sp³-hybridized carbons (Fsp3) is 0.378. The van der Waals surface area contributed by atoms with Gasteiger partial charge in [0.1, 0.15) is 17.3 Å². The van der Waals surface area contributed by atoms with Crippen molar-refractivity contribution in [1.29, 1.82) is 0 Å². The van der Waals surface area contributed by atoms with Gasteiger partial charge in [0.25, 0.3) is 0 Å². The van der Waals surface area contributed by atoms with E-state index in [1.54, 1.807) is 34.1 Å². The summed E-state index contributed by atoms with van der Waals surface area (Å²) in [5, 5.41) is 0. The van der Waals surface area contributed by atoms with E-state index in [0.29, 0.717) is 57.4 Å². The minimum atomic E-state index is -0.449. The molecule has 0 aliphatic heterocycles. The van der Waals surface area contributed by atoms with Crippen molar-refractivity contribution in [3.8, 4) is 11.5 Å². The number of carbonyl (C=O) groups is 4. The Balaban J connectivity index is 0.000000319. The number of aldehydes is 2. The molecule has 0 saturated carbocycles. The van der Waals surface area contributed by atoms with E-state index in [0.717, 1.165) is 65.8 Å². The molecule has 4 aromatic rings. The van der Waals surface area contributed by atoms with E-state index in [4.69, 9.17) is 18.9 Å². The Morgan fingerprint density at radius 2 is 1.15 bits per heavy atom. The summed E-state index contributed by atoms with van der Waals surface area (Å²) in [6.45, 7) is 9.57. The van der Waals surface area contributed by atoms with Crippen molar-refractivity contribution in [2.75, 3.05) is 38.9 Å². The Bertz CT molecular complexity index is 1740. The molecule has 0 saturated heterocycles. The summed E-state index contributed by atoms with van der Waals surface area (Å²) in [5.41, 5.74) is 5.96. The van der Waals surface area contributed by atoms with Crippen LogP contribution in [-0.4, -0.2) is 58.5 Å². The largest absolute Gasteiger partial charge is 0.497 e. The number of anilines is 1. The fourth-order valence-corrected chi connectivity index (χ4v) is 5.44. The van der Waals surface area contributed by atoms with Gasteiger partial charge in [-0.05, 0) is 124 Å². The molecule has 0 atom stereocenters. The Labute approximate surface area is 325 Å². The summed E-state index contributed by atoms with van der Waals surface area (Å²) in [6.07, 6.45) is 7.06.